The van der Waals surface area contributed by atoms with Gasteiger partial charge >= 0.3 is 17.9 Å². The molecule has 0 aliphatic heterocycles. The summed E-state index contributed by atoms with van der Waals surface area (Å²) in [5, 5.41) is 0. The van der Waals surface area contributed by atoms with Crippen LogP contribution in [0.25, 0.3) is 0 Å². The van der Waals surface area contributed by atoms with Crippen LogP contribution < -0.4 is 0 Å². The van der Waals surface area contributed by atoms with Gasteiger partial charge in [0.05, 0.1) is 0 Å². The molecule has 6 nitrogen and oxygen atoms in total. The maximum atomic E-state index is 12.9. The first-order valence-electron chi connectivity index (χ1n) is 35.0. The van der Waals surface area contributed by atoms with E-state index in [2.05, 4.69) is 57.2 Å². The summed E-state index contributed by atoms with van der Waals surface area (Å²) in [5.41, 5.74) is 0. The van der Waals surface area contributed by atoms with Gasteiger partial charge in [-0.1, -0.05) is 327 Å². The molecule has 0 saturated heterocycles. The highest BCUT2D eigenvalue weighted by atomic mass is 16.6. The molecule has 0 aromatic rings. The maximum Gasteiger partial charge on any atom is 0.306 e. The molecule has 0 aromatic carbocycles. The van der Waals surface area contributed by atoms with Gasteiger partial charge in [-0.2, -0.15) is 0 Å². The van der Waals surface area contributed by atoms with Crippen LogP contribution >= 0.6 is 0 Å². The molecule has 0 bridgehead atoms. The summed E-state index contributed by atoms with van der Waals surface area (Å²) in [4.78, 5) is 38.3. The zero-order valence-electron chi connectivity index (χ0n) is 52.7. The Labute approximate surface area is 486 Å². The highest BCUT2D eigenvalue weighted by molar-refractivity contribution is 5.71. The molecule has 0 aliphatic carbocycles. The van der Waals surface area contributed by atoms with E-state index in [0.29, 0.717) is 19.3 Å². The fourth-order valence-electron chi connectivity index (χ4n) is 10.6. The van der Waals surface area contributed by atoms with E-state index in [-0.39, 0.29) is 31.1 Å². The predicted molar refractivity (Wildman–Crippen MR) is 339 cm³/mol. The second-order valence-corrected chi connectivity index (χ2v) is 23.8. The fraction of sp³-hybridized carbons (Fsp3) is 0.875. The van der Waals surface area contributed by atoms with Gasteiger partial charge in [-0.3, -0.25) is 14.4 Å². The molecule has 0 N–H and O–H groups in total. The van der Waals surface area contributed by atoms with Gasteiger partial charge in [0.25, 0.3) is 0 Å². The first kappa shape index (κ1) is 75.6. The van der Waals surface area contributed by atoms with Gasteiger partial charge < -0.3 is 14.2 Å². The lowest BCUT2D eigenvalue weighted by molar-refractivity contribution is -0.167. The third-order valence-electron chi connectivity index (χ3n) is 15.9. The first-order chi connectivity index (χ1) is 38.5. The molecule has 6 heteroatoms. The average Bonchev–Trinajstić information content (AvgIpc) is 3.44. The molecule has 0 radical (unpaired) electrons. The molecular formula is C72H134O6. The number of rotatable bonds is 65. The lowest BCUT2D eigenvalue weighted by atomic mass is 10.0. The summed E-state index contributed by atoms with van der Waals surface area (Å²) in [5.74, 6) is -0.876. The van der Waals surface area contributed by atoms with Gasteiger partial charge in [0, 0.05) is 19.3 Å². The second-order valence-electron chi connectivity index (χ2n) is 23.8. The summed E-state index contributed by atoms with van der Waals surface area (Å²) in [7, 11) is 0. The Balaban J connectivity index is 4.13. The molecule has 0 spiro atoms. The highest BCUT2D eigenvalue weighted by Crippen LogP contribution is 2.18. The van der Waals surface area contributed by atoms with Crippen molar-refractivity contribution in [1.29, 1.82) is 0 Å². The Morgan fingerprint density at radius 3 is 0.744 bits per heavy atom. The van der Waals surface area contributed by atoms with Crippen LogP contribution in [-0.2, 0) is 28.6 Å². The summed E-state index contributed by atoms with van der Waals surface area (Å²) in [6, 6.07) is 0. The monoisotopic (exact) mass is 1100 g/mol. The lowest BCUT2D eigenvalue weighted by Crippen LogP contribution is -2.30. The number of carbonyl (C=O) groups is 3. The van der Waals surface area contributed by atoms with E-state index in [1.54, 1.807) is 0 Å². The van der Waals surface area contributed by atoms with E-state index in [9.17, 15) is 14.4 Å². The summed E-state index contributed by atoms with van der Waals surface area (Å²) < 4.78 is 16.9. The molecular weight excluding hydrogens is 961 g/mol. The molecule has 0 saturated carbocycles. The molecule has 0 aliphatic rings. The predicted octanol–water partition coefficient (Wildman–Crippen LogP) is 23.9. The van der Waals surface area contributed by atoms with Gasteiger partial charge in [-0.25, -0.2) is 0 Å². The largest absolute Gasteiger partial charge is 0.462 e. The second kappa shape index (κ2) is 67.1. The van der Waals surface area contributed by atoms with E-state index in [0.717, 1.165) is 89.9 Å². The van der Waals surface area contributed by atoms with Crippen molar-refractivity contribution in [2.45, 2.75) is 393 Å². The number of ether oxygens (including phenoxy) is 3. The first-order valence-corrected chi connectivity index (χ1v) is 35.0. The number of unbranched alkanes of at least 4 members (excludes halogenated alkanes) is 48. The minimum atomic E-state index is -0.781. The van der Waals surface area contributed by atoms with Crippen molar-refractivity contribution in [2.75, 3.05) is 13.2 Å². The molecule has 0 fully saturated rings. The summed E-state index contributed by atoms with van der Waals surface area (Å²) in [6.07, 6.45) is 83.3. The van der Waals surface area contributed by atoms with Crippen LogP contribution in [0.3, 0.4) is 0 Å². The molecule has 1 unspecified atom stereocenters. The van der Waals surface area contributed by atoms with Crippen LogP contribution in [0.4, 0.5) is 0 Å². The molecule has 458 valence electrons. The van der Waals surface area contributed by atoms with Gasteiger partial charge in [-0.15, -0.1) is 0 Å². The van der Waals surface area contributed by atoms with Crippen LogP contribution in [0.15, 0.2) is 36.5 Å². The molecule has 0 amide bonds. The average molecular weight is 1100 g/mol. The zero-order valence-corrected chi connectivity index (χ0v) is 52.7. The Morgan fingerprint density at radius 1 is 0.256 bits per heavy atom. The lowest BCUT2D eigenvalue weighted by Gasteiger charge is -2.18. The molecule has 0 rings (SSSR count). The van der Waals surface area contributed by atoms with E-state index in [1.165, 1.54) is 257 Å². The Bertz CT molecular complexity index is 1300. The topological polar surface area (TPSA) is 78.9 Å². The third-order valence-corrected chi connectivity index (χ3v) is 15.9. The highest BCUT2D eigenvalue weighted by Gasteiger charge is 2.19. The molecule has 0 aromatic heterocycles. The molecule has 1 atom stereocenters. The minimum Gasteiger partial charge on any atom is -0.462 e. The molecule has 78 heavy (non-hydrogen) atoms. The fourth-order valence-corrected chi connectivity index (χ4v) is 10.6. The Kier molecular flexibility index (Phi) is 65.1. The van der Waals surface area contributed by atoms with Gasteiger partial charge in [0.1, 0.15) is 13.2 Å². The number of esters is 3. The van der Waals surface area contributed by atoms with E-state index in [4.69, 9.17) is 14.2 Å². The van der Waals surface area contributed by atoms with Crippen molar-refractivity contribution < 1.29 is 28.6 Å². The van der Waals surface area contributed by atoms with Gasteiger partial charge in [0.15, 0.2) is 6.10 Å². The van der Waals surface area contributed by atoms with Crippen LogP contribution in [0.1, 0.15) is 387 Å². The zero-order chi connectivity index (χ0) is 56.4. The molecule has 0 heterocycles. The van der Waals surface area contributed by atoms with E-state index in [1.807, 2.05) is 0 Å². The van der Waals surface area contributed by atoms with Crippen LogP contribution in [0, 0.1) is 0 Å². The standard InChI is InChI=1S/C72H134O6/c1-4-7-10-13-16-19-22-25-28-29-30-31-32-33-34-35-36-37-38-39-40-41-42-43-45-47-50-53-56-59-62-65-71(74)77-68-69(67-76-70(73)64-61-58-55-52-49-46-27-24-21-18-15-12-9-6-3)78-72(75)66-63-60-57-54-51-48-44-26-23-20-17-14-11-8-5-2/h17,20,24,26-27,44,69H,4-16,18-19,21-23,25,28-43,45-68H2,1-3H3/b20-17-,27-24-,44-26-. The summed E-state index contributed by atoms with van der Waals surface area (Å²) >= 11 is 0. The van der Waals surface area contributed by atoms with Crippen molar-refractivity contribution >= 4 is 17.9 Å². The van der Waals surface area contributed by atoms with Crippen LogP contribution in [0.5, 0.6) is 0 Å². The number of carbonyl (C=O) groups excluding carboxylic acids is 3. The van der Waals surface area contributed by atoms with Crippen LogP contribution in [-0.4, -0.2) is 37.2 Å². The van der Waals surface area contributed by atoms with Crippen molar-refractivity contribution in [1.82, 2.24) is 0 Å². The maximum absolute atomic E-state index is 12.9. The Hall–Kier alpha value is -2.37. The SMILES string of the molecule is CCCCC/C=C\C/C=C\CCCCCCCC(=O)OC(COC(=O)CCCCCCC/C=C\CCCCCCC)COC(=O)CCCCCCCCCCCCCCCCCCCCCCCCCCCCCCCCC. The van der Waals surface area contributed by atoms with Crippen LogP contribution in [0.2, 0.25) is 0 Å². The number of hydrogen-bond donors (Lipinski definition) is 0. The number of hydrogen-bond acceptors (Lipinski definition) is 6. The minimum absolute atomic E-state index is 0.0765. The smallest absolute Gasteiger partial charge is 0.306 e. The normalized spacial score (nSPS) is 12.2. The third kappa shape index (κ3) is 64.5. The van der Waals surface area contributed by atoms with Crippen molar-refractivity contribution in [3.05, 3.63) is 36.5 Å². The van der Waals surface area contributed by atoms with Crippen molar-refractivity contribution in [3.8, 4) is 0 Å². The van der Waals surface area contributed by atoms with Gasteiger partial charge in [0.2, 0.25) is 0 Å². The van der Waals surface area contributed by atoms with E-state index < -0.39 is 6.10 Å². The Morgan fingerprint density at radius 2 is 0.462 bits per heavy atom. The van der Waals surface area contributed by atoms with Crippen molar-refractivity contribution in [3.63, 3.8) is 0 Å². The van der Waals surface area contributed by atoms with Crippen molar-refractivity contribution in [2.24, 2.45) is 0 Å². The van der Waals surface area contributed by atoms with E-state index >= 15 is 0 Å². The summed E-state index contributed by atoms with van der Waals surface area (Å²) in [6.45, 7) is 6.65. The quantitative estimate of drug-likeness (QED) is 0.0261. The number of allylic oxidation sites excluding steroid dienone is 6. The van der Waals surface area contributed by atoms with Gasteiger partial charge in [-0.05, 0) is 77.0 Å².